The van der Waals surface area contributed by atoms with Gasteiger partial charge in [0.2, 0.25) is 0 Å². The number of ether oxygens (including phenoxy) is 1. The van der Waals surface area contributed by atoms with E-state index >= 15 is 0 Å². The number of hydrogen-bond acceptors (Lipinski definition) is 3. The Bertz CT molecular complexity index is 655. The van der Waals surface area contributed by atoms with Crippen molar-refractivity contribution >= 4 is 17.7 Å². The smallest absolute Gasteiger partial charge is 0.260 e. The second-order valence-corrected chi connectivity index (χ2v) is 6.84. The van der Waals surface area contributed by atoms with Crippen molar-refractivity contribution in [1.29, 1.82) is 0 Å². The molecule has 1 amide bonds. The Kier molecular flexibility index (Phi) is 7.19. The number of benzene rings is 2. The van der Waals surface area contributed by atoms with Gasteiger partial charge in [-0.25, -0.2) is 0 Å². The Morgan fingerprint density at radius 3 is 2.58 bits per heavy atom. The molecule has 0 radical (unpaired) electrons. The van der Waals surface area contributed by atoms with Crippen LogP contribution in [0, 0.1) is 6.92 Å². The van der Waals surface area contributed by atoms with Gasteiger partial charge in [0.1, 0.15) is 5.75 Å². The minimum Gasteiger partial charge on any atom is -0.481 e. The van der Waals surface area contributed by atoms with Gasteiger partial charge in [-0.3, -0.25) is 4.79 Å². The van der Waals surface area contributed by atoms with Crippen molar-refractivity contribution in [2.75, 3.05) is 12.3 Å². The first-order chi connectivity index (χ1) is 11.6. The predicted octanol–water partition coefficient (Wildman–Crippen LogP) is 4.23. The van der Waals surface area contributed by atoms with Crippen molar-refractivity contribution in [3.63, 3.8) is 0 Å². The van der Waals surface area contributed by atoms with E-state index in [9.17, 15) is 4.79 Å². The Morgan fingerprint density at radius 2 is 1.88 bits per heavy atom. The van der Waals surface area contributed by atoms with Crippen LogP contribution in [0.3, 0.4) is 0 Å². The summed E-state index contributed by atoms with van der Waals surface area (Å²) in [5.74, 6) is 1.55. The summed E-state index contributed by atoms with van der Waals surface area (Å²) in [5, 5.41) is 2.94. The van der Waals surface area contributed by atoms with E-state index in [0.717, 1.165) is 23.5 Å². The van der Waals surface area contributed by atoms with Crippen LogP contribution in [0.15, 0.2) is 53.4 Å². The van der Waals surface area contributed by atoms with E-state index < -0.39 is 6.10 Å². The molecule has 24 heavy (non-hydrogen) atoms. The molecule has 0 saturated carbocycles. The lowest BCUT2D eigenvalue weighted by atomic mass is 10.1. The summed E-state index contributed by atoms with van der Waals surface area (Å²) >= 11 is 1.74. The number of hydrogen-bond donors (Lipinski definition) is 1. The molecule has 0 aliphatic rings. The fourth-order valence-corrected chi connectivity index (χ4v) is 3.04. The second kappa shape index (κ2) is 9.38. The lowest BCUT2D eigenvalue weighted by Crippen LogP contribution is -2.37. The first kappa shape index (κ1) is 18.4. The summed E-state index contributed by atoms with van der Waals surface area (Å²) < 4.78 is 5.81. The topological polar surface area (TPSA) is 38.3 Å². The highest BCUT2D eigenvalue weighted by atomic mass is 32.2. The third kappa shape index (κ3) is 5.60. The van der Waals surface area contributed by atoms with E-state index in [1.54, 1.807) is 18.7 Å². The zero-order valence-electron chi connectivity index (χ0n) is 14.5. The molecule has 0 unspecified atom stereocenters. The lowest BCUT2D eigenvalue weighted by Gasteiger charge is -2.16. The average Bonchev–Trinajstić information content (AvgIpc) is 2.60. The summed E-state index contributed by atoms with van der Waals surface area (Å²) in [6.07, 6.45) is 0.389. The molecule has 0 bridgehead atoms. The fraction of sp³-hybridized carbons (Fsp3) is 0.350. The minimum atomic E-state index is -0.498. The van der Waals surface area contributed by atoms with Crippen molar-refractivity contribution in [3.05, 3.63) is 59.7 Å². The maximum absolute atomic E-state index is 12.2. The minimum absolute atomic E-state index is 0.0783. The van der Waals surface area contributed by atoms with Crippen LogP contribution in [0.4, 0.5) is 0 Å². The van der Waals surface area contributed by atoms with Crippen LogP contribution in [0.5, 0.6) is 5.75 Å². The molecule has 1 N–H and O–H groups in total. The molecule has 0 saturated heterocycles. The zero-order valence-corrected chi connectivity index (χ0v) is 15.4. The van der Waals surface area contributed by atoms with Crippen molar-refractivity contribution in [2.45, 2.75) is 38.2 Å². The predicted molar refractivity (Wildman–Crippen MR) is 101 cm³/mol. The summed E-state index contributed by atoms with van der Waals surface area (Å²) in [4.78, 5) is 13.4. The number of carbonyl (C=O) groups excluding carboxylic acids is 1. The van der Waals surface area contributed by atoms with E-state index in [0.29, 0.717) is 6.54 Å². The van der Waals surface area contributed by atoms with E-state index in [4.69, 9.17) is 4.74 Å². The molecule has 128 valence electrons. The summed E-state index contributed by atoms with van der Waals surface area (Å²) in [7, 11) is 0. The molecule has 0 spiro atoms. The van der Waals surface area contributed by atoms with Crippen LogP contribution in [-0.2, 0) is 11.2 Å². The van der Waals surface area contributed by atoms with E-state index in [1.807, 2.05) is 24.3 Å². The molecule has 2 aromatic carbocycles. The van der Waals surface area contributed by atoms with Crippen LogP contribution in [0.1, 0.15) is 25.0 Å². The van der Waals surface area contributed by atoms with Crippen molar-refractivity contribution in [1.82, 2.24) is 5.32 Å². The third-order valence-electron chi connectivity index (χ3n) is 3.72. The fourth-order valence-electron chi connectivity index (χ4n) is 2.28. The Morgan fingerprint density at radius 1 is 1.17 bits per heavy atom. The van der Waals surface area contributed by atoms with Crippen molar-refractivity contribution < 1.29 is 9.53 Å². The molecular weight excluding hydrogens is 318 g/mol. The normalized spacial score (nSPS) is 11.8. The van der Waals surface area contributed by atoms with Crippen molar-refractivity contribution in [3.8, 4) is 5.75 Å². The molecule has 1 atom stereocenters. The van der Waals surface area contributed by atoms with Crippen molar-refractivity contribution in [2.24, 2.45) is 0 Å². The van der Waals surface area contributed by atoms with Crippen LogP contribution < -0.4 is 10.1 Å². The number of aryl methyl sites for hydroxylation is 2. The Balaban J connectivity index is 1.74. The first-order valence-electron chi connectivity index (χ1n) is 8.32. The van der Waals surface area contributed by atoms with Gasteiger partial charge in [-0.15, -0.1) is 11.8 Å². The van der Waals surface area contributed by atoms with Crippen LogP contribution in [0.2, 0.25) is 0 Å². The summed E-state index contributed by atoms with van der Waals surface area (Å²) in [6.45, 7) is 6.57. The average molecular weight is 343 g/mol. The van der Waals surface area contributed by atoms with E-state index in [1.165, 1.54) is 10.5 Å². The van der Waals surface area contributed by atoms with Gasteiger partial charge >= 0.3 is 0 Å². The second-order valence-electron chi connectivity index (χ2n) is 5.67. The number of thioether (sulfide) groups is 1. The van der Waals surface area contributed by atoms with Gasteiger partial charge in [-0.1, -0.05) is 42.8 Å². The molecule has 0 aliphatic carbocycles. The molecular formula is C20H25NO2S. The highest BCUT2D eigenvalue weighted by Gasteiger charge is 2.15. The van der Waals surface area contributed by atoms with Gasteiger partial charge in [0.25, 0.3) is 5.91 Å². The van der Waals surface area contributed by atoms with E-state index in [-0.39, 0.29) is 5.91 Å². The van der Waals surface area contributed by atoms with Gasteiger partial charge in [0, 0.05) is 17.2 Å². The number of para-hydroxylation sites is 1. The summed E-state index contributed by atoms with van der Waals surface area (Å²) in [5.41, 5.74) is 2.37. The van der Waals surface area contributed by atoms with Gasteiger partial charge in [-0.2, -0.15) is 0 Å². The quantitative estimate of drug-likeness (QED) is 0.576. The number of nitrogens with one attached hydrogen (secondary N) is 1. The molecule has 0 aliphatic heterocycles. The summed E-state index contributed by atoms with van der Waals surface area (Å²) in [6, 6.07) is 16.3. The Hall–Kier alpha value is -1.94. The molecule has 4 heteroatoms. The van der Waals surface area contributed by atoms with Crippen LogP contribution in [0.25, 0.3) is 0 Å². The monoisotopic (exact) mass is 343 g/mol. The maximum Gasteiger partial charge on any atom is 0.260 e. The maximum atomic E-state index is 12.2. The van der Waals surface area contributed by atoms with Crippen LogP contribution in [-0.4, -0.2) is 24.3 Å². The first-order valence-corrected chi connectivity index (χ1v) is 9.30. The Labute approximate surface area is 148 Å². The molecule has 0 aromatic heterocycles. The molecule has 0 fully saturated rings. The van der Waals surface area contributed by atoms with Gasteiger partial charge in [0.05, 0.1) is 0 Å². The van der Waals surface area contributed by atoms with Gasteiger partial charge in [-0.05, 0) is 44.0 Å². The van der Waals surface area contributed by atoms with E-state index in [2.05, 4.69) is 43.4 Å². The largest absolute Gasteiger partial charge is 0.481 e. The molecule has 2 rings (SSSR count). The van der Waals surface area contributed by atoms with Gasteiger partial charge in [0.15, 0.2) is 6.10 Å². The number of amides is 1. The lowest BCUT2D eigenvalue weighted by molar-refractivity contribution is -0.127. The molecule has 2 aromatic rings. The highest BCUT2D eigenvalue weighted by Crippen LogP contribution is 2.20. The standard InChI is InChI=1S/C20H25NO2S/c1-4-17-7-5-6-8-19(17)23-16(3)20(22)21-13-14-24-18-11-9-15(2)10-12-18/h5-12,16H,4,13-14H2,1-3H3,(H,21,22)/t16-/m0/s1. The number of rotatable bonds is 8. The molecule has 3 nitrogen and oxygen atoms in total. The zero-order chi connectivity index (χ0) is 17.4. The molecule has 0 heterocycles. The highest BCUT2D eigenvalue weighted by molar-refractivity contribution is 7.99. The van der Waals surface area contributed by atoms with Gasteiger partial charge < -0.3 is 10.1 Å². The SMILES string of the molecule is CCc1ccccc1O[C@@H](C)C(=O)NCCSc1ccc(C)cc1. The number of carbonyl (C=O) groups is 1. The van der Waals surface area contributed by atoms with Crippen LogP contribution >= 0.6 is 11.8 Å². The third-order valence-corrected chi connectivity index (χ3v) is 4.73.